The molecular formula is C14H12FNO4. The minimum atomic E-state index is -0.389. The van der Waals surface area contributed by atoms with Crippen LogP contribution in [0.1, 0.15) is 21.7 Å². The highest BCUT2D eigenvalue weighted by atomic mass is 19.1. The molecule has 1 aromatic heterocycles. The Kier molecular flexibility index (Phi) is 3.39. The minimum absolute atomic E-state index is 0.123. The number of hydrogen-bond donors (Lipinski definition) is 1. The lowest BCUT2D eigenvalue weighted by Crippen LogP contribution is -2.24. The van der Waals surface area contributed by atoms with Crippen molar-refractivity contribution in [3.05, 3.63) is 53.2 Å². The molecule has 2 heterocycles. The first-order valence-corrected chi connectivity index (χ1v) is 6.07. The first-order valence-electron chi connectivity index (χ1n) is 6.07. The second kappa shape index (κ2) is 5.34. The van der Waals surface area contributed by atoms with Gasteiger partial charge in [0.25, 0.3) is 5.91 Å². The fraction of sp³-hybridized carbons (Fsp3) is 0.214. The van der Waals surface area contributed by atoms with Gasteiger partial charge in [-0.25, -0.2) is 4.39 Å². The molecule has 0 saturated heterocycles. The van der Waals surface area contributed by atoms with Gasteiger partial charge in [0, 0.05) is 17.7 Å². The third-order valence-electron chi connectivity index (χ3n) is 2.94. The number of fused-ring (bicyclic) bond motifs is 1. The molecule has 1 aliphatic heterocycles. The third-order valence-corrected chi connectivity index (χ3v) is 2.94. The van der Waals surface area contributed by atoms with Crippen molar-refractivity contribution >= 4 is 5.91 Å². The summed E-state index contributed by atoms with van der Waals surface area (Å²) >= 11 is 0. The Hall–Kier alpha value is -2.34. The molecule has 1 aliphatic rings. The summed E-state index contributed by atoms with van der Waals surface area (Å²) in [6, 6.07) is 5.89. The van der Waals surface area contributed by atoms with Crippen LogP contribution < -0.4 is 10.1 Å². The van der Waals surface area contributed by atoms with Gasteiger partial charge in [-0.2, -0.15) is 0 Å². The zero-order valence-electron chi connectivity index (χ0n) is 10.5. The van der Waals surface area contributed by atoms with E-state index >= 15 is 0 Å². The Morgan fingerprint density at radius 2 is 2.30 bits per heavy atom. The van der Waals surface area contributed by atoms with Crippen LogP contribution in [0.25, 0.3) is 0 Å². The van der Waals surface area contributed by atoms with E-state index in [1.165, 1.54) is 18.4 Å². The molecule has 0 saturated carbocycles. The molecule has 0 fully saturated rings. The van der Waals surface area contributed by atoms with Gasteiger partial charge in [0.15, 0.2) is 12.6 Å². The van der Waals surface area contributed by atoms with Crippen LogP contribution in [0.3, 0.4) is 0 Å². The molecule has 1 amide bonds. The van der Waals surface area contributed by atoms with Crippen molar-refractivity contribution in [2.24, 2.45) is 0 Å². The number of rotatable bonds is 3. The Morgan fingerprint density at radius 1 is 1.40 bits per heavy atom. The van der Waals surface area contributed by atoms with E-state index < -0.39 is 0 Å². The highest BCUT2D eigenvalue weighted by Gasteiger charge is 2.18. The first kappa shape index (κ1) is 12.7. The molecule has 3 rings (SSSR count). The van der Waals surface area contributed by atoms with Crippen molar-refractivity contribution in [1.29, 1.82) is 0 Å². The van der Waals surface area contributed by atoms with Gasteiger partial charge >= 0.3 is 0 Å². The molecule has 0 radical (unpaired) electrons. The zero-order valence-corrected chi connectivity index (χ0v) is 10.5. The first-order chi connectivity index (χ1) is 9.74. The van der Waals surface area contributed by atoms with Crippen molar-refractivity contribution in [2.75, 3.05) is 6.79 Å². The van der Waals surface area contributed by atoms with E-state index in [2.05, 4.69) is 5.32 Å². The van der Waals surface area contributed by atoms with Crippen LogP contribution in [0.15, 0.2) is 34.9 Å². The van der Waals surface area contributed by atoms with Crippen LogP contribution in [0, 0.1) is 5.82 Å². The maximum atomic E-state index is 13.5. The smallest absolute Gasteiger partial charge is 0.287 e. The van der Waals surface area contributed by atoms with E-state index in [4.69, 9.17) is 13.9 Å². The van der Waals surface area contributed by atoms with Gasteiger partial charge in [-0.3, -0.25) is 4.79 Å². The van der Waals surface area contributed by atoms with Gasteiger partial charge in [-0.05, 0) is 24.3 Å². The summed E-state index contributed by atoms with van der Waals surface area (Å²) < 4.78 is 29.0. The zero-order chi connectivity index (χ0) is 13.9. The quantitative estimate of drug-likeness (QED) is 0.934. The number of benzene rings is 1. The molecular weight excluding hydrogens is 265 g/mol. The fourth-order valence-electron chi connectivity index (χ4n) is 2.06. The highest BCUT2D eigenvalue weighted by molar-refractivity contribution is 5.91. The lowest BCUT2D eigenvalue weighted by molar-refractivity contribution is -0.0173. The van der Waals surface area contributed by atoms with E-state index in [-0.39, 0.29) is 30.8 Å². The molecule has 6 heteroatoms. The van der Waals surface area contributed by atoms with Gasteiger partial charge < -0.3 is 19.2 Å². The maximum Gasteiger partial charge on any atom is 0.287 e. The molecule has 0 spiro atoms. The molecule has 0 unspecified atom stereocenters. The van der Waals surface area contributed by atoms with Gasteiger partial charge in [-0.15, -0.1) is 0 Å². The molecule has 104 valence electrons. The minimum Gasteiger partial charge on any atom is -0.467 e. The monoisotopic (exact) mass is 277 g/mol. The van der Waals surface area contributed by atoms with E-state index in [0.29, 0.717) is 23.5 Å². The third kappa shape index (κ3) is 2.50. The number of nitrogens with one attached hydrogen (secondary N) is 1. The number of amides is 1. The Bertz CT molecular complexity index is 624. The van der Waals surface area contributed by atoms with Crippen molar-refractivity contribution in [3.8, 4) is 5.75 Å². The summed E-state index contributed by atoms with van der Waals surface area (Å²) in [6.07, 6.45) is 1.42. The van der Waals surface area contributed by atoms with E-state index in [1.807, 2.05) is 0 Å². The number of carbonyl (C=O) groups excluding carboxylic acids is 1. The molecule has 0 aliphatic carbocycles. The molecule has 0 atom stereocenters. The Morgan fingerprint density at radius 3 is 3.10 bits per heavy atom. The van der Waals surface area contributed by atoms with Crippen molar-refractivity contribution in [1.82, 2.24) is 5.32 Å². The summed E-state index contributed by atoms with van der Waals surface area (Å²) in [5.74, 6) is 0.0251. The SMILES string of the molecule is O=C(NCc1cc(F)cc2c1OCOC2)c1ccco1. The van der Waals surface area contributed by atoms with Gasteiger partial charge in [0.1, 0.15) is 11.6 Å². The van der Waals surface area contributed by atoms with Crippen LogP contribution in [0.4, 0.5) is 4.39 Å². The van der Waals surface area contributed by atoms with Crippen molar-refractivity contribution in [3.63, 3.8) is 0 Å². The second-order valence-corrected chi connectivity index (χ2v) is 4.32. The predicted octanol–water partition coefficient (Wildman–Crippen LogP) is 2.22. The van der Waals surface area contributed by atoms with Crippen molar-refractivity contribution < 1.29 is 23.1 Å². The summed E-state index contributed by atoms with van der Waals surface area (Å²) in [6.45, 7) is 0.573. The fourth-order valence-corrected chi connectivity index (χ4v) is 2.06. The average molecular weight is 277 g/mol. The average Bonchev–Trinajstić information content (AvgIpc) is 2.98. The molecule has 20 heavy (non-hydrogen) atoms. The number of carbonyl (C=O) groups is 1. The summed E-state index contributed by atoms with van der Waals surface area (Å²) in [5.41, 5.74) is 1.21. The lowest BCUT2D eigenvalue weighted by atomic mass is 10.1. The van der Waals surface area contributed by atoms with Gasteiger partial charge in [-0.1, -0.05) is 0 Å². The van der Waals surface area contributed by atoms with E-state index in [9.17, 15) is 9.18 Å². The largest absolute Gasteiger partial charge is 0.467 e. The summed E-state index contributed by atoms with van der Waals surface area (Å²) in [4.78, 5) is 11.8. The van der Waals surface area contributed by atoms with Gasteiger partial charge in [0.05, 0.1) is 12.9 Å². The lowest BCUT2D eigenvalue weighted by Gasteiger charge is -2.20. The summed E-state index contributed by atoms with van der Waals surface area (Å²) in [7, 11) is 0. The second-order valence-electron chi connectivity index (χ2n) is 4.32. The number of ether oxygens (including phenoxy) is 2. The topological polar surface area (TPSA) is 60.7 Å². The van der Waals surface area contributed by atoms with Gasteiger partial charge in [0.2, 0.25) is 0 Å². The Labute approximate surface area is 114 Å². The van der Waals surface area contributed by atoms with E-state index in [0.717, 1.165) is 0 Å². The molecule has 2 aromatic rings. The van der Waals surface area contributed by atoms with Crippen LogP contribution >= 0.6 is 0 Å². The molecule has 1 N–H and O–H groups in total. The van der Waals surface area contributed by atoms with Crippen LogP contribution in [0.2, 0.25) is 0 Å². The normalized spacial score (nSPS) is 13.4. The van der Waals surface area contributed by atoms with Crippen LogP contribution in [-0.4, -0.2) is 12.7 Å². The molecule has 5 nitrogen and oxygen atoms in total. The Balaban J connectivity index is 1.77. The number of furan rings is 1. The van der Waals surface area contributed by atoms with Crippen LogP contribution in [0.5, 0.6) is 5.75 Å². The summed E-state index contributed by atoms with van der Waals surface area (Å²) in [5, 5.41) is 2.66. The standard InChI is InChI=1S/C14H12FNO4/c15-11-4-9(13-10(5-11)7-18-8-20-13)6-16-14(17)12-2-1-3-19-12/h1-5H,6-8H2,(H,16,17). The van der Waals surface area contributed by atoms with Crippen molar-refractivity contribution in [2.45, 2.75) is 13.2 Å². The number of hydrogen-bond acceptors (Lipinski definition) is 4. The highest BCUT2D eigenvalue weighted by Crippen LogP contribution is 2.29. The predicted molar refractivity (Wildman–Crippen MR) is 66.6 cm³/mol. The number of halogens is 1. The molecule has 0 bridgehead atoms. The van der Waals surface area contributed by atoms with E-state index in [1.54, 1.807) is 12.1 Å². The van der Waals surface area contributed by atoms with Crippen LogP contribution in [-0.2, 0) is 17.9 Å². The molecule has 1 aromatic carbocycles. The maximum absolute atomic E-state index is 13.5.